The third-order valence-corrected chi connectivity index (χ3v) is 1.08. The van der Waals surface area contributed by atoms with Gasteiger partial charge in [0.1, 0.15) is 0 Å². The number of alkyl halides is 6. The van der Waals surface area contributed by atoms with Crippen LogP contribution in [0.5, 0.6) is 0 Å². The molecule has 0 rings (SSSR count). The van der Waals surface area contributed by atoms with Crippen LogP contribution in [0.25, 0.3) is 0 Å². The Hall–Kier alpha value is -1.08. The highest BCUT2D eigenvalue weighted by molar-refractivity contribution is 6.02. The number of aliphatic imine (C=N–C) groups is 1. The number of nitrogens with zero attached hydrogens (tertiary/aromatic N) is 1. The molecule has 82 valence electrons. The Kier molecular flexibility index (Phi) is 3.66. The Bertz CT molecular complexity index is 234. The average molecular weight is 221 g/mol. The van der Waals surface area contributed by atoms with Gasteiger partial charge in [-0.15, -0.1) is 0 Å². The van der Waals surface area contributed by atoms with Gasteiger partial charge in [0.15, 0.2) is 0 Å². The number of halogens is 6. The van der Waals surface area contributed by atoms with Gasteiger partial charge < -0.3 is 0 Å². The fraction of sp³-hybridized carbons (Fsp3) is 0.667. The van der Waals surface area contributed by atoms with E-state index in [-0.39, 0.29) is 0 Å². The molecule has 0 aliphatic rings. The summed E-state index contributed by atoms with van der Waals surface area (Å²) in [5, 5.41) is 0. The summed E-state index contributed by atoms with van der Waals surface area (Å²) in [5.74, 6) is -1.46. The lowest BCUT2D eigenvalue weighted by atomic mass is 10.3. The predicted octanol–water partition coefficient (Wildman–Crippen LogP) is 2.49. The molecule has 0 aliphatic carbocycles. The Morgan fingerprint density at radius 1 is 1.07 bits per heavy atom. The summed E-state index contributed by atoms with van der Waals surface area (Å²) in [6.07, 6.45) is -11.8. The van der Waals surface area contributed by atoms with Crippen molar-refractivity contribution in [3.05, 3.63) is 0 Å². The lowest BCUT2D eigenvalue weighted by Crippen LogP contribution is -2.37. The SMILES string of the molecule is CCC(=O)N=C(C(F)(F)F)C(F)(F)F. The van der Waals surface area contributed by atoms with Gasteiger partial charge in [-0.1, -0.05) is 6.92 Å². The zero-order valence-electron chi connectivity index (χ0n) is 6.83. The molecule has 0 unspecified atom stereocenters. The fourth-order valence-electron chi connectivity index (χ4n) is 0.491. The maximum Gasteiger partial charge on any atom is 0.438 e. The molecule has 0 heterocycles. The van der Waals surface area contributed by atoms with Gasteiger partial charge in [-0.05, 0) is 0 Å². The molecule has 2 nitrogen and oxygen atoms in total. The first-order valence-electron chi connectivity index (χ1n) is 3.35. The largest absolute Gasteiger partial charge is 0.438 e. The minimum Gasteiger partial charge on any atom is -0.273 e. The molecular weight excluding hydrogens is 216 g/mol. The van der Waals surface area contributed by atoms with E-state index in [2.05, 4.69) is 0 Å². The van der Waals surface area contributed by atoms with Gasteiger partial charge >= 0.3 is 12.4 Å². The smallest absolute Gasteiger partial charge is 0.273 e. The molecule has 0 aliphatic heterocycles. The molecule has 8 heteroatoms. The predicted molar refractivity (Wildman–Crippen MR) is 34.8 cm³/mol. The van der Waals surface area contributed by atoms with E-state index in [1.54, 1.807) is 0 Å². The molecule has 0 fully saturated rings. The van der Waals surface area contributed by atoms with Crippen LogP contribution in [-0.2, 0) is 4.79 Å². The molecule has 1 amide bonds. The van der Waals surface area contributed by atoms with Crippen LogP contribution < -0.4 is 0 Å². The quantitative estimate of drug-likeness (QED) is 0.494. The zero-order chi connectivity index (χ0) is 11.6. The van der Waals surface area contributed by atoms with E-state index in [0.717, 1.165) is 6.92 Å². The lowest BCUT2D eigenvalue weighted by molar-refractivity contribution is -0.126. The molecule has 0 N–H and O–H groups in total. The van der Waals surface area contributed by atoms with E-state index in [0.29, 0.717) is 0 Å². The molecule has 0 aromatic heterocycles. The van der Waals surface area contributed by atoms with E-state index < -0.39 is 30.4 Å². The Labute approximate surface area is 74.6 Å². The van der Waals surface area contributed by atoms with Gasteiger partial charge in [-0.25, -0.2) is 4.99 Å². The molecule has 0 radical (unpaired) electrons. The van der Waals surface area contributed by atoms with E-state index in [4.69, 9.17) is 0 Å². The van der Waals surface area contributed by atoms with Crippen molar-refractivity contribution in [2.45, 2.75) is 25.7 Å². The highest BCUT2D eigenvalue weighted by Crippen LogP contribution is 2.30. The summed E-state index contributed by atoms with van der Waals surface area (Å²) in [7, 11) is 0. The third kappa shape index (κ3) is 3.75. The van der Waals surface area contributed by atoms with Crippen molar-refractivity contribution in [1.29, 1.82) is 0 Å². The maximum absolute atomic E-state index is 11.7. The van der Waals surface area contributed by atoms with Crippen LogP contribution in [0.4, 0.5) is 26.3 Å². The van der Waals surface area contributed by atoms with Crippen molar-refractivity contribution in [2.75, 3.05) is 0 Å². The molecule has 0 saturated heterocycles. The van der Waals surface area contributed by atoms with Gasteiger partial charge in [-0.3, -0.25) is 4.79 Å². The molecule has 0 bridgehead atoms. The maximum atomic E-state index is 11.7. The summed E-state index contributed by atoms with van der Waals surface area (Å²) in [5.41, 5.74) is -3.02. The molecule has 14 heavy (non-hydrogen) atoms. The van der Waals surface area contributed by atoms with Crippen LogP contribution in [-0.4, -0.2) is 24.0 Å². The van der Waals surface area contributed by atoms with Gasteiger partial charge in [0.25, 0.3) is 0 Å². The van der Waals surface area contributed by atoms with Crippen molar-refractivity contribution in [2.24, 2.45) is 4.99 Å². The monoisotopic (exact) mass is 221 g/mol. The molecule has 0 spiro atoms. The molecule has 0 atom stereocenters. The molecule has 0 aromatic rings. The van der Waals surface area contributed by atoms with Gasteiger partial charge in [-0.2, -0.15) is 26.3 Å². The van der Waals surface area contributed by atoms with Crippen molar-refractivity contribution < 1.29 is 31.1 Å². The number of amides is 1. The summed E-state index contributed by atoms with van der Waals surface area (Å²) in [6, 6.07) is 0. The minimum absolute atomic E-state index is 0.518. The topological polar surface area (TPSA) is 29.4 Å². The summed E-state index contributed by atoms with van der Waals surface area (Å²) in [6.45, 7) is 1.11. The van der Waals surface area contributed by atoms with Crippen molar-refractivity contribution in [1.82, 2.24) is 0 Å². The van der Waals surface area contributed by atoms with Crippen LogP contribution in [0.15, 0.2) is 4.99 Å². The van der Waals surface area contributed by atoms with E-state index in [9.17, 15) is 31.1 Å². The second-order valence-electron chi connectivity index (χ2n) is 2.20. The zero-order valence-corrected chi connectivity index (χ0v) is 6.83. The molecule has 0 saturated carbocycles. The minimum atomic E-state index is -5.66. The second kappa shape index (κ2) is 3.97. The fourth-order valence-corrected chi connectivity index (χ4v) is 0.491. The van der Waals surface area contributed by atoms with Gasteiger partial charge in [0.05, 0.1) is 0 Å². The van der Waals surface area contributed by atoms with Crippen molar-refractivity contribution >= 4 is 11.6 Å². The van der Waals surface area contributed by atoms with Crippen molar-refractivity contribution in [3.63, 3.8) is 0 Å². The van der Waals surface area contributed by atoms with E-state index in [1.807, 2.05) is 4.99 Å². The Balaban J connectivity index is 5.14. The Morgan fingerprint density at radius 3 is 1.64 bits per heavy atom. The van der Waals surface area contributed by atoms with Crippen molar-refractivity contribution in [3.8, 4) is 0 Å². The molecule has 0 aromatic carbocycles. The van der Waals surface area contributed by atoms with Crippen LogP contribution in [0.2, 0.25) is 0 Å². The summed E-state index contributed by atoms with van der Waals surface area (Å²) >= 11 is 0. The first-order chi connectivity index (χ1) is 6.09. The third-order valence-electron chi connectivity index (χ3n) is 1.08. The highest BCUT2D eigenvalue weighted by atomic mass is 19.4. The summed E-state index contributed by atoms with van der Waals surface area (Å²) in [4.78, 5) is 12.3. The van der Waals surface area contributed by atoms with Crippen LogP contribution in [0, 0.1) is 0 Å². The Morgan fingerprint density at radius 2 is 1.43 bits per heavy atom. The number of carbonyl (C=O) groups is 1. The van der Waals surface area contributed by atoms with Crippen LogP contribution in [0.1, 0.15) is 13.3 Å². The van der Waals surface area contributed by atoms with Crippen LogP contribution in [0.3, 0.4) is 0 Å². The van der Waals surface area contributed by atoms with Crippen LogP contribution >= 0.6 is 0 Å². The van der Waals surface area contributed by atoms with E-state index in [1.165, 1.54) is 0 Å². The standard InChI is InChI=1S/C6H5F6NO/c1-2-3(14)13-4(5(7,8)9)6(10,11)12/h2H2,1H3. The summed E-state index contributed by atoms with van der Waals surface area (Å²) < 4.78 is 70.3. The first-order valence-corrected chi connectivity index (χ1v) is 3.35. The van der Waals surface area contributed by atoms with Gasteiger partial charge in [0.2, 0.25) is 11.6 Å². The molecular formula is C6H5F6NO. The first kappa shape index (κ1) is 12.9. The highest BCUT2D eigenvalue weighted by Gasteiger charge is 2.53. The van der Waals surface area contributed by atoms with E-state index >= 15 is 0 Å². The average Bonchev–Trinajstić information content (AvgIpc) is 1.95. The second-order valence-corrected chi connectivity index (χ2v) is 2.20. The number of hydrogen-bond donors (Lipinski definition) is 0. The van der Waals surface area contributed by atoms with Gasteiger partial charge in [0, 0.05) is 6.42 Å². The lowest BCUT2D eigenvalue weighted by Gasteiger charge is -2.12. The number of carbonyl (C=O) groups excluding carboxylic acids is 1. The number of rotatable bonds is 1. The number of hydrogen-bond acceptors (Lipinski definition) is 1. The normalized spacial score (nSPS) is 12.5.